The van der Waals surface area contributed by atoms with Gasteiger partial charge in [0.25, 0.3) is 0 Å². The highest BCUT2D eigenvalue weighted by Crippen LogP contribution is 2.29. The van der Waals surface area contributed by atoms with Crippen LogP contribution in [0.1, 0.15) is 36.0 Å². The molecule has 0 fully saturated rings. The van der Waals surface area contributed by atoms with Gasteiger partial charge in [-0.1, -0.05) is 35.9 Å². The number of benzene rings is 2. The number of halogens is 1. The molecule has 4 nitrogen and oxygen atoms in total. The van der Waals surface area contributed by atoms with Crippen LogP contribution >= 0.6 is 11.6 Å². The number of carbonyl (C=O) groups is 1. The molecule has 1 amide bonds. The van der Waals surface area contributed by atoms with Gasteiger partial charge in [-0.25, -0.2) is 0 Å². The van der Waals surface area contributed by atoms with Crippen LogP contribution in [0, 0.1) is 0 Å². The number of guanidine groups is 1. The van der Waals surface area contributed by atoms with E-state index in [2.05, 4.69) is 28.5 Å². The van der Waals surface area contributed by atoms with Crippen LogP contribution in [0.25, 0.3) is 0 Å². The first kappa shape index (κ1) is 17.1. The van der Waals surface area contributed by atoms with E-state index in [4.69, 9.17) is 11.6 Å². The smallest absolute Gasteiger partial charge is 0.236 e. The van der Waals surface area contributed by atoms with Crippen molar-refractivity contribution in [1.29, 1.82) is 0 Å². The van der Waals surface area contributed by atoms with Gasteiger partial charge in [-0.2, -0.15) is 0 Å². The summed E-state index contributed by atoms with van der Waals surface area (Å²) >= 11 is 5.96. The molecule has 5 heteroatoms. The summed E-state index contributed by atoms with van der Waals surface area (Å²) in [6.07, 6.45) is 3.41. The highest BCUT2D eigenvalue weighted by Gasteiger charge is 2.29. The summed E-state index contributed by atoms with van der Waals surface area (Å²) in [7, 11) is 0. The van der Waals surface area contributed by atoms with Crippen molar-refractivity contribution in [1.82, 2.24) is 4.90 Å². The first-order chi connectivity index (χ1) is 12.6. The number of amides is 1. The fraction of sp³-hybridized carbons (Fsp3) is 0.333. The van der Waals surface area contributed by atoms with Gasteiger partial charge in [0.15, 0.2) is 0 Å². The molecular weight excluding hydrogens is 346 g/mol. The summed E-state index contributed by atoms with van der Waals surface area (Å²) in [6, 6.07) is 13.8. The Morgan fingerprint density at radius 1 is 1.19 bits per heavy atom. The molecule has 0 spiro atoms. The Hall–Kier alpha value is -2.33. The van der Waals surface area contributed by atoms with E-state index in [1.807, 2.05) is 31.2 Å². The zero-order chi connectivity index (χ0) is 18.1. The summed E-state index contributed by atoms with van der Waals surface area (Å²) in [5.41, 5.74) is 4.81. The Kier molecular flexibility index (Phi) is 4.68. The van der Waals surface area contributed by atoms with E-state index in [9.17, 15) is 4.79 Å². The average Bonchev–Trinajstić information content (AvgIpc) is 3.31. The maximum Gasteiger partial charge on any atom is 0.236 e. The minimum Gasteiger partial charge on any atom is -0.326 e. The first-order valence-corrected chi connectivity index (χ1v) is 9.50. The average molecular weight is 368 g/mol. The molecule has 26 heavy (non-hydrogen) atoms. The number of fused-ring (bicyclic) bond motifs is 1. The monoisotopic (exact) mass is 367 g/mol. The minimum atomic E-state index is -0.237. The quantitative estimate of drug-likeness (QED) is 0.881. The number of nitrogens with zero attached hydrogens (tertiary/aromatic N) is 2. The second-order valence-electron chi connectivity index (χ2n) is 6.89. The van der Waals surface area contributed by atoms with Crippen molar-refractivity contribution in [3.8, 4) is 0 Å². The van der Waals surface area contributed by atoms with E-state index >= 15 is 0 Å². The Bertz CT molecular complexity index is 860. The molecule has 0 bridgehead atoms. The highest BCUT2D eigenvalue weighted by molar-refractivity contribution is 6.30. The lowest BCUT2D eigenvalue weighted by Gasteiger charge is -2.24. The molecule has 0 saturated heterocycles. The van der Waals surface area contributed by atoms with E-state index in [0.717, 1.165) is 24.1 Å². The van der Waals surface area contributed by atoms with E-state index in [1.54, 1.807) is 4.90 Å². The molecule has 2 aliphatic rings. The summed E-state index contributed by atoms with van der Waals surface area (Å²) in [4.78, 5) is 19.3. The predicted molar refractivity (Wildman–Crippen MR) is 106 cm³/mol. The van der Waals surface area contributed by atoms with Crippen molar-refractivity contribution < 1.29 is 4.79 Å². The molecule has 4 rings (SSSR count). The Morgan fingerprint density at radius 2 is 2.00 bits per heavy atom. The van der Waals surface area contributed by atoms with Gasteiger partial charge in [-0.05, 0) is 61.1 Å². The minimum absolute atomic E-state index is 0.0589. The lowest BCUT2D eigenvalue weighted by atomic mass is 10.00. The zero-order valence-electron chi connectivity index (χ0n) is 14.8. The number of hydrogen-bond acceptors (Lipinski definition) is 3. The van der Waals surface area contributed by atoms with Crippen molar-refractivity contribution in [2.75, 3.05) is 18.4 Å². The van der Waals surface area contributed by atoms with Gasteiger partial charge in [0.1, 0.15) is 0 Å². The third-order valence-corrected chi connectivity index (χ3v) is 5.49. The fourth-order valence-corrected chi connectivity index (χ4v) is 3.88. The maximum atomic E-state index is 13.0. The zero-order valence-corrected chi connectivity index (χ0v) is 15.6. The second-order valence-corrected chi connectivity index (χ2v) is 7.33. The van der Waals surface area contributed by atoms with Crippen molar-refractivity contribution >= 4 is 29.2 Å². The van der Waals surface area contributed by atoms with Crippen molar-refractivity contribution in [3.05, 3.63) is 64.2 Å². The maximum absolute atomic E-state index is 13.0. The molecule has 1 aliphatic carbocycles. The number of hydrogen-bond donors (Lipinski definition) is 1. The standard InChI is InChI=1S/C21H22ClN3O/c1-14(15-8-10-17(22)11-9-15)20(26)25-13-12-23-21(25)24-19-7-3-5-16-4-2-6-18(16)19/h3,5,7-11,14H,2,4,6,12-13H2,1H3,(H,23,24). The first-order valence-electron chi connectivity index (χ1n) is 9.12. The van der Waals surface area contributed by atoms with E-state index in [1.165, 1.54) is 17.5 Å². The molecule has 1 unspecified atom stereocenters. The van der Waals surface area contributed by atoms with Crippen molar-refractivity contribution in [3.63, 3.8) is 0 Å². The Labute approximate surface area is 158 Å². The van der Waals surface area contributed by atoms with Gasteiger partial charge < -0.3 is 5.32 Å². The van der Waals surface area contributed by atoms with Gasteiger partial charge >= 0.3 is 0 Å². The van der Waals surface area contributed by atoms with E-state index < -0.39 is 0 Å². The third kappa shape index (κ3) is 3.21. The van der Waals surface area contributed by atoms with Gasteiger partial charge in [0, 0.05) is 17.3 Å². The molecule has 0 radical (unpaired) electrons. The van der Waals surface area contributed by atoms with Crippen LogP contribution in [0.3, 0.4) is 0 Å². The van der Waals surface area contributed by atoms with Crippen LogP contribution in [0.2, 0.25) is 5.02 Å². The summed E-state index contributed by atoms with van der Waals surface area (Å²) in [5.74, 6) is 0.485. The predicted octanol–water partition coefficient (Wildman–Crippen LogP) is 4.24. The number of anilines is 1. The van der Waals surface area contributed by atoms with Crippen LogP contribution in [-0.4, -0.2) is 29.9 Å². The molecule has 0 saturated carbocycles. The fourth-order valence-electron chi connectivity index (χ4n) is 3.75. The molecule has 1 aliphatic heterocycles. The molecule has 1 atom stereocenters. The normalized spacial score (nSPS) is 17.0. The molecule has 1 N–H and O–H groups in total. The van der Waals surface area contributed by atoms with Gasteiger partial charge in [0.05, 0.1) is 12.5 Å². The van der Waals surface area contributed by atoms with Crippen LogP contribution in [-0.2, 0) is 17.6 Å². The van der Waals surface area contributed by atoms with E-state index in [0.29, 0.717) is 24.1 Å². The largest absolute Gasteiger partial charge is 0.326 e. The van der Waals surface area contributed by atoms with Gasteiger partial charge in [-0.3, -0.25) is 14.7 Å². The molecule has 0 aromatic heterocycles. The number of aliphatic imine (C=N–C) groups is 1. The SMILES string of the molecule is CC(C(=O)N1CCN=C1Nc1cccc2c1CCC2)c1ccc(Cl)cc1. The third-order valence-electron chi connectivity index (χ3n) is 5.24. The van der Waals surface area contributed by atoms with Crippen LogP contribution < -0.4 is 5.32 Å². The molecule has 2 aromatic rings. The second kappa shape index (κ2) is 7.12. The topological polar surface area (TPSA) is 44.7 Å². The molecule has 134 valence electrons. The van der Waals surface area contributed by atoms with Gasteiger partial charge in [0.2, 0.25) is 11.9 Å². The Balaban J connectivity index is 1.52. The number of carbonyl (C=O) groups excluding carboxylic acids is 1. The lowest BCUT2D eigenvalue weighted by Crippen LogP contribution is -2.40. The van der Waals surface area contributed by atoms with E-state index in [-0.39, 0.29) is 11.8 Å². The number of rotatable bonds is 3. The lowest BCUT2D eigenvalue weighted by molar-refractivity contribution is -0.128. The van der Waals surface area contributed by atoms with Crippen molar-refractivity contribution in [2.45, 2.75) is 32.1 Å². The summed E-state index contributed by atoms with van der Waals surface area (Å²) in [6.45, 7) is 3.19. The molecular formula is C21H22ClN3O. The molecule has 1 heterocycles. The summed E-state index contributed by atoms with van der Waals surface area (Å²) in [5, 5.41) is 4.10. The summed E-state index contributed by atoms with van der Waals surface area (Å²) < 4.78 is 0. The van der Waals surface area contributed by atoms with Crippen LogP contribution in [0.5, 0.6) is 0 Å². The Morgan fingerprint density at radius 3 is 2.81 bits per heavy atom. The molecule has 2 aromatic carbocycles. The van der Waals surface area contributed by atoms with Crippen LogP contribution in [0.15, 0.2) is 47.5 Å². The van der Waals surface area contributed by atoms with Crippen molar-refractivity contribution in [2.24, 2.45) is 4.99 Å². The number of aryl methyl sites for hydroxylation is 1. The van der Waals surface area contributed by atoms with Gasteiger partial charge in [-0.15, -0.1) is 0 Å². The highest BCUT2D eigenvalue weighted by atomic mass is 35.5. The number of nitrogens with one attached hydrogen (secondary N) is 1. The van der Waals surface area contributed by atoms with Crippen LogP contribution in [0.4, 0.5) is 5.69 Å².